The third-order valence-corrected chi connectivity index (χ3v) is 2.79. The van der Waals surface area contributed by atoms with Gasteiger partial charge in [-0.15, -0.1) is 0 Å². The standard InChI is InChI=1S/C6H15N3O2S/c1-7-4-5-8-12(10,11)9-6-2-3-6/h6-9H,2-5H2,1H3. The summed E-state index contributed by atoms with van der Waals surface area (Å²) in [7, 11) is -1.45. The molecular weight excluding hydrogens is 178 g/mol. The zero-order valence-electron chi connectivity index (χ0n) is 7.13. The molecule has 1 fully saturated rings. The van der Waals surface area contributed by atoms with Crippen molar-refractivity contribution >= 4 is 10.2 Å². The smallest absolute Gasteiger partial charge is 0.277 e. The number of hydrogen-bond acceptors (Lipinski definition) is 3. The predicted molar refractivity (Wildman–Crippen MR) is 47.0 cm³/mol. The zero-order chi connectivity index (χ0) is 9.03. The quantitative estimate of drug-likeness (QED) is 0.464. The molecular formula is C6H15N3O2S. The van der Waals surface area contributed by atoms with Crippen molar-refractivity contribution in [1.82, 2.24) is 14.8 Å². The van der Waals surface area contributed by atoms with Crippen LogP contribution >= 0.6 is 0 Å². The summed E-state index contributed by atoms with van der Waals surface area (Å²) in [5.74, 6) is 0. The molecule has 0 spiro atoms. The Balaban J connectivity index is 2.17. The van der Waals surface area contributed by atoms with Crippen molar-refractivity contribution in [3.05, 3.63) is 0 Å². The number of hydrogen-bond donors (Lipinski definition) is 3. The van der Waals surface area contributed by atoms with Gasteiger partial charge in [-0.2, -0.15) is 13.1 Å². The van der Waals surface area contributed by atoms with Crippen molar-refractivity contribution in [1.29, 1.82) is 0 Å². The molecule has 0 unspecified atom stereocenters. The maximum Gasteiger partial charge on any atom is 0.277 e. The lowest BCUT2D eigenvalue weighted by molar-refractivity contribution is 0.564. The summed E-state index contributed by atoms with van der Waals surface area (Å²) < 4.78 is 27.2. The number of nitrogens with one attached hydrogen (secondary N) is 3. The minimum Gasteiger partial charge on any atom is -0.318 e. The summed E-state index contributed by atoms with van der Waals surface area (Å²) >= 11 is 0. The fraction of sp³-hybridized carbons (Fsp3) is 1.00. The van der Waals surface area contributed by atoms with Crippen LogP contribution in [-0.4, -0.2) is 34.6 Å². The molecule has 3 N–H and O–H groups in total. The minimum atomic E-state index is -3.23. The first kappa shape index (κ1) is 9.91. The highest BCUT2D eigenvalue weighted by Crippen LogP contribution is 2.19. The Kier molecular flexibility index (Phi) is 3.45. The third-order valence-electron chi connectivity index (χ3n) is 1.57. The highest BCUT2D eigenvalue weighted by molar-refractivity contribution is 7.87. The highest BCUT2D eigenvalue weighted by atomic mass is 32.2. The largest absolute Gasteiger partial charge is 0.318 e. The van der Waals surface area contributed by atoms with E-state index in [9.17, 15) is 8.42 Å². The van der Waals surface area contributed by atoms with Gasteiger partial charge in [-0.05, 0) is 19.9 Å². The second kappa shape index (κ2) is 4.18. The Morgan fingerprint density at radius 1 is 1.33 bits per heavy atom. The van der Waals surface area contributed by atoms with E-state index in [1.54, 1.807) is 7.05 Å². The van der Waals surface area contributed by atoms with Gasteiger partial charge in [0.25, 0.3) is 10.2 Å². The van der Waals surface area contributed by atoms with E-state index in [4.69, 9.17) is 0 Å². The second-order valence-corrected chi connectivity index (χ2v) is 4.42. The molecule has 1 aliphatic rings. The first-order valence-corrected chi connectivity index (χ1v) is 5.54. The van der Waals surface area contributed by atoms with Gasteiger partial charge in [-0.25, -0.2) is 4.72 Å². The molecule has 5 nitrogen and oxygen atoms in total. The van der Waals surface area contributed by atoms with Crippen molar-refractivity contribution in [2.24, 2.45) is 0 Å². The minimum absolute atomic E-state index is 0.178. The Bertz CT molecular complexity index is 223. The summed E-state index contributed by atoms with van der Waals surface area (Å²) in [5, 5.41) is 2.85. The fourth-order valence-corrected chi connectivity index (χ4v) is 1.90. The maximum absolute atomic E-state index is 11.1. The first-order chi connectivity index (χ1) is 5.64. The zero-order valence-corrected chi connectivity index (χ0v) is 7.95. The van der Waals surface area contributed by atoms with E-state index in [1.807, 2.05) is 0 Å². The van der Waals surface area contributed by atoms with Crippen molar-refractivity contribution in [2.75, 3.05) is 20.1 Å². The van der Waals surface area contributed by atoms with Gasteiger partial charge in [0.1, 0.15) is 0 Å². The van der Waals surface area contributed by atoms with E-state index in [1.165, 1.54) is 0 Å². The topological polar surface area (TPSA) is 70.2 Å². The molecule has 0 aromatic rings. The van der Waals surface area contributed by atoms with Crippen molar-refractivity contribution in [2.45, 2.75) is 18.9 Å². The molecule has 0 aromatic carbocycles. The number of likely N-dealkylation sites (N-methyl/N-ethyl adjacent to an activating group) is 1. The van der Waals surface area contributed by atoms with Crippen LogP contribution in [0.15, 0.2) is 0 Å². The summed E-state index contributed by atoms with van der Waals surface area (Å²) in [5.41, 5.74) is 0. The number of rotatable bonds is 6. The Labute approximate surface area is 73.1 Å². The molecule has 0 aromatic heterocycles. The van der Waals surface area contributed by atoms with Gasteiger partial charge in [0.05, 0.1) is 0 Å². The van der Waals surface area contributed by atoms with Crippen LogP contribution in [0.4, 0.5) is 0 Å². The average molecular weight is 193 g/mol. The van der Waals surface area contributed by atoms with Gasteiger partial charge in [0.2, 0.25) is 0 Å². The molecule has 72 valence electrons. The average Bonchev–Trinajstić information content (AvgIpc) is 2.71. The van der Waals surface area contributed by atoms with Crippen molar-refractivity contribution in [3.63, 3.8) is 0 Å². The normalized spacial score (nSPS) is 18.1. The third kappa shape index (κ3) is 4.01. The molecule has 0 aliphatic heterocycles. The van der Waals surface area contributed by atoms with Gasteiger partial charge in [0.15, 0.2) is 0 Å². The monoisotopic (exact) mass is 193 g/mol. The van der Waals surface area contributed by atoms with Gasteiger partial charge in [-0.1, -0.05) is 0 Å². The molecule has 0 saturated heterocycles. The molecule has 0 bridgehead atoms. The van der Waals surface area contributed by atoms with Crippen LogP contribution in [0, 0.1) is 0 Å². The van der Waals surface area contributed by atoms with Gasteiger partial charge in [-0.3, -0.25) is 0 Å². The van der Waals surface area contributed by atoms with Crippen LogP contribution in [0.3, 0.4) is 0 Å². The van der Waals surface area contributed by atoms with Crippen LogP contribution in [0.25, 0.3) is 0 Å². The Hall–Kier alpha value is -0.170. The Morgan fingerprint density at radius 2 is 2.00 bits per heavy atom. The van der Waals surface area contributed by atoms with Crippen LogP contribution in [0.2, 0.25) is 0 Å². The van der Waals surface area contributed by atoms with E-state index in [0.717, 1.165) is 12.8 Å². The lowest BCUT2D eigenvalue weighted by Gasteiger charge is -2.05. The van der Waals surface area contributed by atoms with Crippen LogP contribution in [0.5, 0.6) is 0 Å². The van der Waals surface area contributed by atoms with Crippen LogP contribution in [-0.2, 0) is 10.2 Å². The van der Waals surface area contributed by atoms with E-state index in [-0.39, 0.29) is 6.04 Å². The molecule has 6 heteroatoms. The highest BCUT2D eigenvalue weighted by Gasteiger charge is 2.26. The SMILES string of the molecule is CNCCNS(=O)(=O)NC1CC1. The van der Waals surface area contributed by atoms with E-state index < -0.39 is 10.2 Å². The van der Waals surface area contributed by atoms with E-state index in [0.29, 0.717) is 13.1 Å². The van der Waals surface area contributed by atoms with E-state index in [2.05, 4.69) is 14.8 Å². The molecule has 0 atom stereocenters. The first-order valence-electron chi connectivity index (χ1n) is 4.05. The van der Waals surface area contributed by atoms with E-state index >= 15 is 0 Å². The molecule has 12 heavy (non-hydrogen) atoms. The molecule has 1 rings (SSSR count). The Morgan fingerprint density at radius 3 is 2.50 bits per heavy atom. The van der Waals surface area contributed by atoms with Gasteiger partial charge in [0, 0.05) is 19.1 Å². The summed E-state index contributed by atoms with van der Waals surface area (Å²) in [6.45, 7) is 1.07. The van der Waals surface area contributed by atoms with Gasteiger partial charge >= 0.3 is 0 Å². The summed E-state index contributed by atoms with van der Waals surface area (Å²) in [4.78, 5) is 0. The second-order valence-electron chi connectivity index (χ2n) is 2.89. The molecule has 0 heterocycles. The summed E-state index contributed by atoms with van der Waals surface area (Å²) in [6, 6.07) is 0.178. The lowest BCUT2D eigenvalue weighted by atomic mass is 10.7. The van der Waals surface area contributed by atoms with Crippen molar-refractivity contribution < 1.29 is 8.42 Å². The lowest BCUT2D eigenvalue weighted by Crippen LogP contribution is -2.40. The van der Waals surface area contributed by atoms with Crippen LogP contribution < -0.4 is 14.8 Å². The summed E-state index contributed by atoms with van der Waals surface area (Å²) in [6.07, 6.45) is 1.93. The predicted octanol–water partition coefficient (Wildman–Crippen LogP) is -1.21. The molecule has 0 radical (unpaired) electrons. The molecule has 1 aliphatic carbocycles. The van der Waals surface area contributed by atoms with Crippen LogP contribution in [0.1, 0.15) is 12.8 Å². The molecule has 0 amide bonds. The maximum atomic E-state index is 11.1. The molecule has 1 saturated carbocycles. The van der Waals surface area contributed by atoms with Crippen molar-refractivity contribution in [3.8, 4) is 0 Å². The van der Waals surface area contributed by atoms with Gasteiger partial charge < -0.3 is 5.32 Å². The fourth-order valence-electron chi connectivity index (χ4n) is 0.773.